The van der Waals surface area contributed by atoms with Crippen molar-refractivity contribution in [1.82, 2.24) is 10.3 Å². The summed E-state index contributed by atoms with van der Waals surface area (Å²) in [4.78, 5) is 17.4. The molecule has 2 rings (SSSR count). The molecule has 0 saturated heterocycles. The summed E-state index contributed by atoms with van der Waals surface area (Å²) in [6, 6.07) is 7.60. The summed E-state index contributed by atoms with van der Waals surface area (Å²) < 4.78 is 0. The number of benzene rings is 1. The smallest absolute Gasteiger partial charge is 0.220 e. The number of anilines is 1. The number of rotatable bonds is 5. The molecule has 0 bridgehead atoms. The molecule has 20 heavy (non-hydrogen) atoms. The van der Waals surface area contributed by atoms with Gasteiger partial charge < -0.3 is 11.1 Å². The summed E-state index contributed by atoms with van der Waals surface area (Å²) in [7, 11) is 0. The highest BCUT2D eigenvalue weighted by atomic mass is 32.1. The van der Waals surface area contributed by atoms with Crippen molar-refractivity contribution >= 4 is 22.9 Å². The Bertz CT molecular complexity index is 594. The minimum atomic E-state index is -0.0398. The largest absolute Gasteiger partial charge is 0.399 e. The average Bonchev–Trinajstić information content (AvgIpc) is 2.83. The Morgan fingerprint density at radius 2 is 2.30 bits per heavy atom. The number of thiazole rings is 1. The van der Waals surface area contributed by atoms with Gasteiger partial charge in [-0.05, 0) is 38.0 Å². The second kappa shape index (κ2) is 6.52. The number of carbonyl (C=O) groups excluding carboxylic acids is 1. The topological polar surface area (TPSA) is 68.0 Å². The minimum Gasteiger partial charge on any atom is -0.399 e. The maximum atomic E-state index is 11.9. The molecule has 0 fully saturated rings. The summed E-state index contributed by atoms with van der Waals surface area (Å²) >= 11 is 1.61. The fourth-order valence-electron chi connectivity index (χ4n) is 1.95. The van der Waals surface area contributed by atoms with Crippen LogP contribution in [0.25, 0.3) is 0 Å². The van der Waals surface area contributed by atoms with E-state index in [9.17, 15) is 4.79 Å². The van der Waals surface area contributed by atoms with E-state index in [-0.39, 0.29) is 11.9 Å². The summed E-state index contributed by atoms with van der Waals surface area (Å²) in [5.41, 5.74) is 7.53. The Hall–Kier alpha value is -1.88. The van der Waals surface area contributed by atoms with E-state index in [1.807, 2.05) is 44.3 Å². The quantitative estimate of drug-likeness (QED) is 0.832. The second-order valence-electron chi connectivity index (χ2n) is 4.84. The first-order chi connectivity index (χ1) is 9.54. The number of aryl methyl sites for hydroxylation is 2. The van der Waals surface area contributed by atoms with E-state index in [2.05, 4.69) is 10.3 Å². The van der Waals surface area contributed by atoms with E-state index in [0.29, 0.717) is 12.8 Å². The lowest BCUT2D eigenvalue weighted by atomic mass is 10.1. The lowest BCUT2D eigenvalue weighted by Gasteiger charge is -2.11. The van der Waals surface area contributed by atoms with Crippen LogP contribution in [0.5, 0.6) is 0 Å². The van der Waals surface area contributed by atoms with E-state index < -0.39 is 0 Å². The van der Waals surface area contributed by atoms with Gasteiger partial charge in [-0.15, -0.1) is 11.3 Å². The molecule has 1 heterocycles. The van der Waals surface area contributed by atoms with Crippen LogP contribution in [-0.4, -0.2) is 10.9 Å². The molecular weight excluding hydrogens is 270 g/mol. The number of hydrogen-bond acceptors (Lipinski definition) is 4. The SMILES string of the molecule is Cc1cnc(C(C)NC(=O)CCc2cccc(N)c2)s1. The molecule has 3 N–H and O–H groups in total. The Morgan fingerprint density at radius 3 is 2.95 bits per heavy atom. The van der Waals surface area contributed by atoms with E-state index in [0.717, 1.165) is 21.1 Å². The van der Waals surface area contributed by atoms with Crippen LogP contribution >= 0.6 is 11.3 Å². The van der Waals surface area contributed by atoms with Gasteiger partial charge in [-0.3, -0.25) is 4.79 Å². The second-order valence-corrected chi connectivity index (χ2v) is 6.11. The first-order valence-corrected chi connectivity index (χ1v) is 7.42. The molecule has 5 heteroatoms. The van der Waals surface area contributed by atoms with Gasteiger partial charge in [-0.1, -0.05) is 12.1 Å². The van der Waals surface area contributed by atoms with Crippen molar-refractivity contribution in [2.75, 3.05) is 5.73 Å². The monoisotopic (exact) mass is 289 g/mol. The molecule has 1 aromatic heterocycles. The molecule has 1 unspecified atom stereocenters. The molecule has 106 valence electrons. The molecule has 0 radical (unpaired) electrons. The molecule has 0 saturated carbocycles. The van der Waals surface area contributed by atoms with Crippen LogP contribution in [0, 0.1) is 6.92 Å². The molecule has 0 aliphatic rings. The maximum Gasteiger partial charge on any atom is 0.220 e. The summed E-state index contributed by atoms with van der Waals surface area (Å²) in [6.07, 6.45) is 2.98. The van der Waals surface area contributed by atoms with Gasteiger partial charge in [0.2, 0.25) is 5.91 Å². The fourth-order valence-corrected chi connectivity index (χ4v) is 2.73. The van der Waals surface area contributed by atoms with Crippen molar-refractivity contribution in [2.24, 2.45) is 0 Å². The fraction of sp³-hybridized carbons (Fsp3) is 0.333. The zero-order valence-electron chi connectivity index (χ0n) is 11.7. The highest BCUT2D eigenvalue weighted by Crippen LogP contribution is 2.19. The number of carbonyl (C=O) groups is 1. The van der Waals surface area contributed by atoms with Crippen LogP contribution in [0.4, 0.5) is 5.69 Å². The maximum absolute atomic E-state index is 11.9. The van der Waals surface area contributed by atoms with E-state index >= 15 is 0 Å². The van der Waals surface area contributed by atoms with Crippen molar-refractivity contribution < 1.29 is 4.79 Å². The van der Waals surface area contributed by atoms with Crippen LogP contribution < -0.4 is 11.1 Å². The third kappa shape index (κ3) is 4.06. The van der Waals surface area contributed by atoms with Crippen molar-refractivity contribution in [1.29, 1.82) is 0 Å². The Labute approximate surface area is 123 Å². The van der Waals surface area contributed by atoms with Gasteiger partial charge in [-0.25, -0.2) is 4.98 Å². The molecule has 4 nitrogen and oxygen atoms in total. The Morgan fingerprint density at radius 1 is 1.50 bits per heavy atom. The normalized spacial score (nSPS) is 12.1. The standard InChI is InChI=1S/C15H19N3OS/c1-10-9-17-15(20-10)11(2)18-14(19)7-6-12-4-3-5-13(16)8-12/h3-5,8-9,11H,6-7,16H2,1-2H3,(H,18,19). The molecule has 1 aromatic carbocycles. The predicted octanol–water partition coefficient (Wildman–Crippen LogP) is 2.84. The van der Waals surface area contributed by atoms with Gasteiger partial charge in [-0.2, -0.15) is 0 Å². The molecule has 1 atom stereocenters. The molecule has 2 aromatic rings. The first kappa shape index (κ1) is 14.5. The lowest BCUT2D eigenvalue weighted by molar-refractivity contribution is -0.121. The number of nitrogen functional groups attached to an aromatic ring is 1. The zero-order chi connectivity index (χ0) is 14.5. The number of nitrogens with two attached hydrogens (primary N) is 1. The van der Waals surface area contributed by atoms with Gasteiger partial charge in [0, 0.05) is 23.2 Å². The molecule has 0 spiro atoms. The summed E-state index contributed by atoms with van der Waals surface area (Å²) in [5.74, 6) is 0.0350. The summed E-state index contributed by atoms with van der Waals surface area (Å²) in [6.45, 7) is 3.96. The Balaban J connectivity index is 1.83. The highest BCUT2D eigenvalue weighted by Gasteiger charge is 2.12. The van der Waals surface area contributed by atoms with E-state index in [1.54, 1.807) is 11.3 Å². The molecular formula is C15H19N3OS. The number of nitrogens with one attached hydrogen (secondary N) is 1. The molecule has 0 aliphatic heterocycles. The third-order valence-corrected chi connectivity index (χ3v) is 4.07. The first-order valence-electron chi connectivity index (χ1n) is 6.60. The van der Waals surface area contributed by atoms with E-state index in [1.165, 1.54) is 0 Å². The lowest BCUT2D eigenvalue weighted by Crippen LogP contribution is -2.26. The van der Waals surface area contributed by atoms with Gasteiger partial charge in [0.1, 0.15) is 5.01 Å². The Kier molecular flexibility index (Phi) is 4.74. The molecule has 0 aliphatic carbocycles. The zero-order valence-corrected chi connectivity index (χ0v) is 12.5. The van der Waals surface area contributed by atoms with Crippen molar-refractivity contribution in [3.8, 4) is 0 Å². The van der Waals surface area contributed by atoms with Crippen LogP contribution in [0.2, 0.25) is 0 Å². The van der Waals surface area contributed by atoms with Gasteiger partial charge in [0.15, 0.2) is 0 Å². The summed E-state index contributed by atoms with van der Waals surface area (Å²) in [5, 5.41) is 3.92. The van der Waals surface area contributed by atoms with Gasteiger partial charge >= 0.3 is 0 Å². The van der Waals surface area contributed by atoms with Crippen LogP contribution in [0.1, 0.15) is 34.8 Å². The highest BCUT2D eigenvalue weighted by molar-refractivity contribution is 7.11. The third-order valence-electron chi connectivity index (χ3n) is 2.98. The van der Waals surface area contributed by atoms with Crippen molar-refractivity contribution in [3.63, 3.8) is 0 Å². The van der Waals surface area contributed by atoms with Crippen molar-refractivity contribution in [2.45, 2.75) is 32.7 Å². The predicted molar refractivity (Wildman–Crippen MR) is 82.6 cm³/mol. The number of nitrogens with zero attached hydrogens (tertiary/aromatic N) is 1. The van der Waals surface area contributed by atoms with Gasteiger partial charge in [0.05, 0.1) is 6.04 Å². The van der Waals surface area contributed by atoms with Crippen LogP contribution in [0.15, 0.2) is 30.5 Å². The van der Waals surface area contributed by atoms with Crippen molar-refractivity contribution in [3.05, 3.63) is 45.9 Å². The van der Waals surface area contributed by atoms with Gasteiger partial charge in [0.25, 0.3) is 0 Å². The number of hydrogen-bond donors (Lipinski definition) is 2. The van der Waals surface area contributed by atoms with Crippen LogP contribution in [-0.2, 0) is 11.2 Å². The number of aromatic nitrogens is 1. The van der Waals surface area contributed by atoms with E-state index in [4.69, 9.17) is 5.73 Å². The average molecular weight is 289 g/mol. The minimum absolute atomic E-state index is 0.0350. The van der Waals surface area contributed by atoms with Crippen LogP contribution in [0.3, 0.4) is 0 Å². The number of amides is 1. The molecule has 1 amide bonds.